The van der Waals surface area contributed by atoms with Gasteiger partial charge in [-0.25, -0.2) is 0 Å². The van der Waals surface area contributed by atoms with Crippen molar-refractivity contribution in [3.05, 3.63) is 36.5 Å². The van der Waals surface area contributed by atoms with E-state index in [9.17, 15) is 19.4 Å². The van der Waals surface area contributed by atoms with Crippen LogP contribution in [0.3, 0.4) is 0 Å². The Balaban J connectivity index is 4.25. The van der Waals surface area contributed by atoms with Crippen LogP contribution < -0.4 is 10.2 Å². The molecular weight excluding hydrogens is 840 g/mol. The fraction of sp³-hybridized carbons (Fsp3) is 0.877. The molecule has 0 aromatic heterocycles. The summed E-state index contributed by atoms with van der Waals surface area (Å²) in [5.41, 5.74) is 0. The largest absolute Gasteiger partial charge is 0.756 e. The summed E-state index contributed by atoms with van der Waals surface area (Å²) in [5.74, 6) is -0.208. The number of nitrogens with one attached hydrogen (secondary N) is 1. The zero-order valence-electron chi connectivity index (χ0n) is 44.4. The van der Waals surface area contributed by atoms with Crippen molar-refractivity contribution in [1.29, 1.82) is 0 Å². The number of quaternary nitrogens is 1. The fourth-order valence-corrected chi connectivity index (χ4v) is 9.09. The van der Waals surface area contributed by atoms with Gasteiger partial charge < -0.3 is 28.8 Å². The zero-order chi connectivity index (χ0) is 48.5. The number of hydrogen-bond acceptors (Lipinski definition) is 6. The van der Waals surface area contributed by atoms with E-state index >= 15 is 0 Å². The van der Waals surface area contributed by atoms with Crippen molar-refractivity contribution in [1.82, 2.24) is 5.32 Å². The summed E-state index contributed by atoms with van der Waals surface area (Å²) in [7, 11) is 1.24. The number of unbranched alkanes of at least 4 members (excludes halogenated alkanes) is 35. The number of nitrogens with zero attached hydrogens (tertiary/aromatic N) is 1. The van der Waals surface area contributed by atoms with Crippen LogP contribution in [0.1, 0.15) is 271 Å². The van der Waals surface area contributed by atoms with E-state index in [1.807, 2.05) is 27.2 Å². The minimum atomic E-state index is -4.60. The first-order chi connectivity index (χ1) is 32.0. The average molecular weight is 951 g/mol. The van der Waals surface area contributed by atoms with E-state index in [1.54, 1.807) is 6.08 Å². The molecule has 0 rings (SSSR count). The summed E-state index contributed by atoms with van der Waals surface area (Å²) < 4.78 is 23.3. The Morgan fingerprint density at radius 2 is 0.848 bits per heavy atom. The van der Waals surface area contributed by atoms with Crippen molar-refractivity contribution < 1.29 is 32.9 Å². The van der Waals surface area contributed by atoms with E-state index in [0.717, 1.165) is 44.9 Å². The molecule has 0 aromatic rings. The lowest BCUT2D eigenvalue weighted by Gasteiger charge is -2.29. The average Bonchev–Trinajstić information content (AvgIpc) is 3.28. The molecule has 0 saturated heterocycles. The molecule has 0 fully saturated rings. The van der Waals surface area contributed by atoms with E-state index in [2.05, 4.69) is 43.5 Å². The van der Waals surface area contributed by atoms with Gasteiger partial charge in [-0.15, -0.1) is 0 Å². The Hall–Kier alpha value is -1.28. The molecule has 0 radical (unpaired) electrons. The summed E-state index contributed by atoms with van der Waals surface area (Å²) in [6.45, 7) is 4.65. The molecule has 0 heterocycles. The molecule has 2 N–H and O–H groups in total. The number of amides is 1. The molecule has 0 aromatic carbocycles. The second kappa shape index (κ2) is 48.7. The van der Waals surface area contributed by atoms with Crippen molar-refractivity contribution in [2.45, 2.75) is 283 Å². The normalized spacial score (nSPS) is 14.2. The third kappa shape index (κ3) is 50.6. The van der Waals surface area contributed by atoms with Crippen molar-refractivity contribution >= 4 is 13.7 Å². The number of hydrogen-bond donors (Lipinski definition) is 2. The molecule has 3 atom stereocenters. The number of carbonyl (C=O) groups excluding carboxylic acids is 1. The molecule has 66 heavy (non-hydrogen) atoms. The van der Waals surface area contributed by atoms with Gasteiger partial charge in [0.15, 0.2) is 0 Å². The molecule has 9 heteroatoms. The van der Waals surface area contributed by atoms with Crippen molar-refractivity contribution in [2.75, 3.05) is 40.9 Å². The van der Waals surface area contributed by atoms with Gasteiger partial charge in [0.05, 0.1) is 39.9 Å². The van der Waals surface area contributed by atoms with E-state index in [1.165, 1.54) is 205 Å². The maximum Gasteiger partial charge on any atom is 0.268 e. The van der Waals surface area contributed by atoms with Crippen LogP contribution in [0.4, 0.5) is 0 Å². The molecule has 8 nitrogen and oxygen atoms in total. The maximum atomic E-state index is 12.9. The van der Waals surface area contributed by atoms with Crippen LogP contribution in [0.5, 0.6) is 0 Å². The molecule has 0 saturated carbocycles. The highest BCUT2D eigenvalue weighted by molar-refractivity contribution is 7.45. The lowest BCUT2D eigenvalue weighted by Crippen LogP contribution is -2.45. The first-order valence-corrected chi connectivity index (χ1v) is 29.8. The number of allylic oxidation sites excluding steroid dienone is 5. The molecule has 0 spiro atoms. The van der Waals surface area contributed by atoms with Crippen LogP contribution in [0, 0.1) is 0 Å². The summed E-state index contributed by atoms with van der Waals surface area (Å²) in [5, 5.41) is 13.8. The van der Waals surface area contributed by atoms with Crippen LogP contribution in [0.2, 0.25) is 0 Å². The van der Waals surface area contributed by atoms with Gasteiger partial charge in [-0.2, -0.15) is 0 Å². The lowest BCUT2D eigenvalue weighted by molar-refractivity contribution is -0.870. The molecule has 1 amide bonds. The quantitative estimate of drug-likeness (QED) is 0.0272. The van der Waals surface area contributed by atoms with Gasteiger partial charge in [0.2, 0.25) is 5.91 Å². The van der Waals surface area contributed by atoms with Crippen LogP contribution in [0.15, 0.2) is 36.5 Å². The van der Waals surface area contributed by atoms with E-state index in [4.69, 9.17) is 9.05 Å². The molecule has 0 aliphatic carbocycles. The Morgan fingerprint density at radius 1 is 0.515 bits per heavy atom. The summed E-state index contributed by atoms with van der Waals surface area (Å²) >= 11 is 0. The monoisotopic (exact) mass is 951 g/mol. The van der Waals surface area contributed by atoms with Crippen LogP contribution >= 0.6 is 7.82 Å². The highest BCUT2D eigenvalue weighted by Gasteiger charge is 2.23. The predicted octanol–water partition coefficient (Wildman–Crippen LogP) is 16.4. The van der Waals surface area contributed by atoms with Crippen molar-refractivity contribution in [3.63, 3.8) is 0 Å². The number of carbonyl (C=O) groups is 1. The Bertz CT molecular complexity index is 1170. The molecule has 0 aliphatic rings. The minimum Gasteiger partial charge on any atom is -0.756 e. The predicted molar refractivity (Wildman–Crippen MR) is 284 cm³/mol. The molecule has 3 unspecified atom stereocenters. The number of aliphatic hydroxyl groups excluding tert-OH is 1. The van der Waals surface area contributed by atoms with E-state index in [0.29, 0.717) is 17.4 Å². The van der Waals surface area contributed by atoms with Crippen LogP contribution in [0.25, 0.3) is 0 Å². The van der Waals surface area contributed by atoms with Crippen LogP contribution in [-0.2, 0) is 18.4 Å². The van der Waals surface area contributed by atoms with Gasteiger partial charge in [-0.3, -0.25) is 9.36 Å². The van der Waals surface area contributed by atoms with Gasteiger partial charge in [-0.1, -0.05) is 256 Å². The standard InChI is InChI=1S/C57H111N2O6P/c1-6-8-10-12-14-16-18-20-22-24-25-26-27-28-29-30-31-32-33-34-35-36-38-40-42-44-46-48-50-56(60)55(54-65-66(62,63)64-53-52-59(3,4)5)58-57(61)51-49-47-45-43-41-39-37-23-21-19-17-15-13-11-9-7-2/h34-35,40,42,48,50,55-56,60H,6-33,36-39,41,43-47,49,51-54H2,1-5H3,(H-,58,61,62,63)/b35-34+,42-40+,50-48+. The van der Waals surface area contributed by atoms with Crippen molar-refractivity contribution in [3.8, 4) is 0 Å². The number of likely N-dealkylation sites (N-methyl/N-ethyl adjacent to an activating group) is 1. The zero-order valence-corrected chi connectivity index (χ0v) is 45.3. The second-order valence-corrected chi connectivity index (χ2v) is 22.0. The highest BCUT2D eigenvalue weighted by atomic mass is 31.2. The molecule has 0 bridgehead atoms. The van der Waals surface area contributed by atoms with Crippen molar-refractivity contribution in [2.24, 2.45) is 0 Å². The third-order valence-corrected chi connectivity index (χ3v) is 13.8. The minimum absolute atomic E-state index is 0.00749. The summed E-state index contributed by atoms with van der Waals surface area (Å²) in [6.07, 6.45) is 62.3. The Morgan fingerprint density at radius 3 is 1.23 bits per heavy atom. The first-order valence-electron chi connectivity index (χ1n) is 28.4. The summed E-state index contributed by atoms with van der Waals surface area (Å²) in [6, 6.07) is -0.907. The number of rotatable bonds is 52. The number of phosphoric acid groups is 1. The lowest BCUT2D eigenvalue weighted by atomic mass is 10.0. The Labute approximate surface area is 410 Å². The SMILES string of the molecule is CCCCCCCCCCCCCCCCCCCC/C=C/CC/C=C/CC/C=C/C(O)C(COP(=O)([O-])OCC[N+](C)(C)C)NC(=O)CCCCCCCCCCCCCCCCCC. The van der Waals surface area contributed by atoms with Gasteiger partial charge in [-0.05, 0) is 44.9 Å². The smallest absolute Gasteiger partial charge is 0.268 e. The Kier molecular flexibility index (Phi) is 47.8. The highest BCUT2D eigenvalue weighted by Crippen LogP contribution is 2.38. The third-order valence-electron chi connectivity index (χ3n) is 12.8. The van der Waals surface area contributed by atoms with Gasteiger partial charge in [0.25, 0.3) is 7.82 Å². The van der Waals surface area contributed by atoms with E-state index < -0.39 is 26.6 Å². The maximum absolute atomic E-state index is 12.9. The second-order valence-electron chi connectivity index (χ2n) is 20.6. The van der Waals surface area contributed by atoms with Gasteiger partial charge >= 0.3 is 0 Å². The fourth-order valence-electron chi connectivity index (χ4n) is 8.36. The number of aliphatic hydroxyl groups is 1. The first kappa shape index (κ1) is 64.7. The topological polar surface area (TPSA) is 108 Å². The molecule has 390 valence electrons. The molecule has 0 aliphatic heterocycles. The van der Waals surface area contributed by atoms with Gasteiger partial charge in [0, 0.05) is 6.42 Å². The van der Waals surface area contributed by atoms with Crippen LogP contribution in [-0.4, -0.2) is 68.5 Å². The number of phosphoric ester groups is 1. The molecular formula is C57H111N2O6P. The van der Waals surface area contributed by atoms with Gasteiger partial charge in [0.1, 0.15) is 13.2 Å². The van der Waals surface area contributed by atoms with E-state index in [-0.39, 0.29) is 12.5 Å². The summed E-state index contributed by atoms with van der Waals surface area (Å²) in [4.78, 5) is 25.4.